The molecule has 0 amide bonds. The molecule has 4 nitrogen and oxygen atoms in total. The molecule has 1 aliphatic heterocycles. The zero-order chi connectivity index (χ0) is 12.8. The Labute approximate surface area is 113 Å². The average molecular weight is 271 g/mol. The Morgan fingerprint density at radius 3 is 2.11 bits per heavy atom. The summed E-state index contributed by atoms with van der Waals surface area (Å²) in [5.41, 5.74) is 1.39. The third kappa shape index (κ3) is 1.69. The number of rotatable bonds is 0. The van der Waals surface area contributed by atoms with Gasteiger partial charge in [0.25, 0.3) is 11.8 Å². The molecule has 5 heteroatoms. The lowest BCUT2D eigenvalue weighted by atomic mass is 10.3. The summed E-state index contributed by atoms with van der Waals surface area (Å²) < 4.78 is 11.4. The summed E-state index contributed by atoms with van der Waals surface area (Å²) in [5, 5.41) is 0.610. The second-order valence-corrected chi connectivity index (χ2v) is 4.55. The zero-order valence-corrected chi connectivity index (χ0v) is 10.4. The molecule has 3 aromatic rings. The molecular formula is C14H7ClN2O2. The monoisotopic (exact) mass is 270 g/mol. The number of nitrogens with zero attached hydrogens (tertiary/aromatic N) is 2. The summed E-state index contributed by atoms with van der Waals surface area (Å²) >= 11 is 5.94. The molecule has 0 atom stereocenters. The first kappa shape index (κ1) is 10.6. The third-order valence-corrected chi connectivity index (χ3v) is 3.06. The molecule has 0 N–H and O–H groups in total. The van der Waals surface area contributed by atoms with E-state index in [9.17, 15) is 0 Å². The van der Waals surface area contributed by atoms with Gasteiger partial charge in [0.15, 0.2) is 11.5 Å². The van der Waals surface area contributed by atoms with E-state index in [2.05, 4.69) is 9.97 Å². The molecule has 0 radical (unpaired) electrons. The van der Waals surface area contributed by atoms with Crippen molar-refractivity contribution in [3.63, 3.8) is 0 Å². The smallest absolute Gasteiger partial charge is 0.284 e. The normalized spacial score (nSPS) is 12.3. The molecule has 0 bridgehead atoms. The summed E-state index contributed by atoms with van der Waals surface area (Å²) in [6.45, 7) is 0. The van der Waals surface area contributed by atoms with Crippen molar-refractivity contribution in [3.05, 3.63) is 47.5 Å². The Kier molecular flexibility index (Phi) is 2.13. The topological polar surface area (TPSA) is 44.2 Å². The average Bonchev–Trinajstić information content (AvgIpc) is 2.43. The van der Waals surface area contributed by atoms with Crippen molar-refractivity contribution in [2.75, 3.05) is 0 Å². The summed E-state index contributed by atoms with van der Waals surface area (Å²) in [6, 6.07) is 12.7. The van der Waals surface area contributed by atoms with Crippen LogP contribution in [0.25, 0.3) is 11.0 Å². The molecule has 4 rings (SSSR count). The van der Waals surface area contributed by atoms with Crippen molar-refractivity contribution in [1.82, 2.24) is 9.97 Å². The Bertz CT molecular complexity index is 805. The van der Waals surface area contributed by atoms with Crippen molar-refractivity contribution >= 4 is 22.6 Å². The number of halogens is 1. The number of hydrogen-bond acceptors (Lipinski definition) is 4. The van der Waals surface area contributed by atoms with Gasteiger partial charge in [-0.3, -0.25) is 0 Å². The third-order valence-electron chi connectivity index (χ3n) is 2.83. The Morgan fingerprint density at radius 2 is 1.42 bits per heavy atom. The molecule has 2 heterocycles. The molecule has 0 aliphatic carbocycles. The van der Waals surface area contributed by atoms with Crippen LogP contribution in [0.2, 0.25) is 5.02 Å². The summed E-state index contributed by atoms with van der Waals surface area (Å²) in [5.74, 6) is 1.99. The molecule has 92 valence electrons. The van der Waals surface area contributed by atoms with Crippen LogP contribution in [0.4, 0.5) is 0 Å². The fraction of sp³-hybridized carbons (Fsp3) is 0. The fourth-order valence-corrected chi connectivity index (χ4v) is 2.12. The van der Waals surface area contributed by atoms with E-state index in [0.29, 0.717) is 39.3 Å². The van der Waals surface area contributed by atoms with Gasteiger partial charge in [0.05, 0.1) is 11.0 Å². The van der Waals surface area contributed by atoms with Gasteiger partial charge < -0.3 is 9.47 Å². The molecule has 19 heavy (non-hydrogen) atoms. The molecule has 1 aromatic heterocycles. The van der Waals surface area contributed by atoms with Crippen LogP contribution in [0.15, 0.2) is 42.5 Å². The van der Waals surface area contributed by atoms with Crippen LogP contribution in [0.3, 0.4) is 0 Å². The van der Waals surface area contributed by atoms with Crippen LogP contribution in [-0.4, -0.2) is 9.97 Å². The van der Waals surface area contributed by atoms with Crippen molar-refractivity contribution in [2.45, 2.75) is 0 Å². The maximum Gasteiger partial charge on any atom is 0.284 e. The van der Waals surface area contributed by atoms with Gasteiger partial charge in [-0.25, -0.2) is 9.97 Å². The highest BCUT2D eigenvalue weighted by Crippen LogP contribution is 2.43. The van der Waals surface area contributed by atoms with Gasteiger partial charge in [-0.2, -0.15) is 0 Å². The zero-order valence-electron chi connectivity index (χ0n) is 9.63. The van der Waals surface area contributed by atoms with Crippen molar-refractivity contribution in [3.8, 4) is 23.3 Å². The van der Waals surface area contributed by atoms with Crippen LogP contribution in [-0.2, 0) is 0 Å². The minimum atomic E-state index is 0.355. The Morgan fingerprint density at radius 1 is 0.789 bits per heavy atom. The van der Waals surface area contributed by atoms with E-state index in [1.165, 1.54) is 0 Å². The quantitative estimate of drug-likeness (QED) is 0.481. The number of benzene rings is 2. The van der Waals surface area contributed by atoms with E-state index < -0.39 is 0 Å². The number of aromatic nitrogens is 2. The first-order valence-corrected chi connectivity index (χ1v) is 6.09. The predicted molar refractivity (Wildman–Crippen MR) is 71.1 cm³/mol. The number of para-hydroxylation sites is 2. The molecule has 1 aliphatic rings. The minimum absolute atomic E-state index is 0.355. The summed E-state index contributed by atoms with van der Waals surface area (Å²) in [4.78, 5) is 8.77. The standard InChI is InChI=1S/C14H7ClN2O2/c15-8-5-6-9-10(7-8)17-14-13(16-9)18-11-3-1-2-4-12(11)19-14/h1-7H. The highest BCUT2D eigenvalue weighted by atomic mass is 35.5. The summed E-state index contributed by atoms with van der Waals surface area (Å²) in [6.07, 6.45) is 0. The molecule has 0 fully saturated rings. The molecule has 0 saturated heterocycles. The van der Waals surface area contributed by atoms with Gasteiger partial charge in [0, 0.05) is 5.02 Å². The van der Waals surface area contributed by atoms with Crippen molar-refractivity contribution in [1.29, 1.82) is 0 Å². The predicted octanol–water partition coefficient (Wildman–Crippen LogP) is 4.18. The Hall–Kier alpha value is -2.33. The van der Waals surface area contributed by atoms with Gasteiger partial charge >= 0.3 is 0 Å². The lowest BCUT2D eigenvalue weighted by Crippen LogP contribution is -2.03. The first-order chi connectivity index (χ1) is 9.29. The first-order valence-electron chi connectivity index (χ1n) is 5.72. The van der Waals surface area contributed by atoms with E-state index in [1.54, 1.807) is 18.2 Å². The van der Waals surface area contributed by atoms with E-state index in [-0.39, 0.29) is 0 Å². The highest BCUT2D eigenvalue weighted by Gasteiger charge is 2.21. The van der Waals surface area contributed by atoms with Crippen LogP contribution in [0, 0.1) is 0 Å². The number of ether oxygens (including phenoxy) is 2. The van der Waals surface area contributed by atoms with E-state index in [4.69, 9.17) is 21.1 Å². The molecular weight excluding hydrogens is 264 g/mol. The van der Waals surface area contributed by atoms with Gasteiger partial charge in [-0.05, 0) is 30.3 Å². The van der Waals surface area contributed by atoms with Crippen LogP contribution in [0.5, 0.6) is 23.3 Å². The molecule has 2 aromatic carbocycles. The molecule has 0 unspecified atom stereocenters. The number of fused-ring (bicyclic) bond motifs is 3. The van der Waals surface area contributed by atoms with Gasteiger partial charge in [-0.1, -0.05) is 23.7 Å². The van der Waals surface area contributed by atoms with Crippen LogP contribution < -0.4 is 9.47 Å². The highest BCUT2D eigenvalue weighted by molar-refractivity contribution is 6.31. The SMILES string of the molecule is Clc1ccc2nc3c(nc2c1)Oc1ccccc1O3. The second-order valence-electron chi connectivity index (χ2n) is 4.12. The minimum Gasteiger partial charge on any atom is -0.431 e. The van der Waals surface area contributed by atoms with E-state index >= 15 is 0 Å². The van der Waals surface area contributed by atoms with Crippen molar-refractivity contribution < 1.29 is 9.47 Å². The lowest BCUT2D eigenvalue weighted by molar-refractivity contribution is 0.339. The molecule has 0 spiro atoms. The fourth-order valence-electron chi connectivity index (χ4n) is 1.96. The number of hydrogen-bond donors (Lipinski definition) is 0. The summed E-state index contributed by atoms with van der Waals surface area (Å²) in [7, 11) is 0. The molecule has 0 saturated carbocycles. The van der Waals surface area contributed by atoms with Gasteiger partial charge in [0.1, 0.15) is 0 Å². The lowest BCUT2D eigenvalue weighted by Gasteiger charge is -2.18. The Balaban J connectivity index is 1.91. The van der Waals surface area contributed by atoms with Gasteiger partial charge in [0.2, 0.25) is 0 Å². The van der Waals surface area contributed by atoms with Crippen LogP contribution in [0.1, 0.15) is 0 Å². The maximum atomic E-state index is 5.94. The maximum absolute atomic E-state index is 5.94. The van der Waals surface area contributed by atoms with Crippen LogP contribution >= 0.6 is 11.6 Å². The van der Waals surface area contributed by atoms with E-state index in [1.807, 2.05) is 24.3 Å². The van der Waals surface area contributed by atoms with Crippen molar-refractivity contribution in [2.24, 2.45) is 0 Å². The largest absolute Gasteiger partial charge is 0.431 e. The second kappa shape index (κ2) is 3.83. The van der Waals surface area contributed by atoms with E-state index in [0.717, 1.165) is 0 Å². The van der Waals surface area contributed by atoms with Gasteiger partial charge in [-0.15, -0.1) is 0 Å².